The molecule has 1 fully saturated rings. The predicted octanol–water partition coefficient (Wildman–Crippen LogP) is 2.13. The first-order chi connectivity index (χ1) is 4.77. The minimum absolute atomic E-state index is 0.889. The molecule has 0 aromatic heterocycles. The normalized spacial score (nSPS) is 35.1. The Morgan fingerprint density at radius 3 is 2.50 bits per heavy atom. The highest BCUT2D eigenvalue weighted by molar-refractivity contribution is 4.81. The number of hydrogen-bond donors (Lipinski definition) is 0. The first-order valence-corrected chi connectivity index (χ1v) is 4.52. The van der Waals surface area contributed by atoms with Gasteiger partial charge in [0.15, 0.2) is 0 Å². The van der Waals surface area contributed by atoms with Crippen LogP contribution < -0.4 is 0 Å². The van der Waals surface area contributed by atoms with Crippen LogP contribution in [0.15, 0.2) is 0 Å². The van der Waals surface area contributed by atoms with Crippen molar-refractivity contribution in [2.45, 2.75) is 39.7 Å². The molecule has 2 atom stereocenters. The highest BCUT2D eigenvalue weighted by Gasteiger charge is 2.26. The predicted molar refractivity (Wildman–Crippen MR) is 45.1 cm³/mol. The Labute approximate surface area is 64.4 Å². The van der Waals surface area contributed by atoms with Gasteiger partial charge in [-0.1, -0.05) is 20.8 Å². The zero-order chi connectivity index (χ0) is 7.56. The third-order valence-electron chi connectivity index (χ3n) is 2.61. The Kier molecular flexibility index (Phi) is 2.72. The van der Waals surface area contributed by atoms with E-state index in [1.807, 2.05) is 0 Å². The average Bonchev–Trinajstić information content (AvgIpc) is 2.30. The number of nitrogens with zero attached hydrogens (tertiary/aromatic N) is 1. The van der Waals surface area contributed by atoms with Crippen molar-refractivity contribution >= 4 is 0 Å². The van der Waals surface area contributed by atoms with Gasteiger partial charge in [-0.05, 0) is 25.3 Å². The Morgan fingerprint density at radius 1 is 1.40 bits per heavy atom. The van der Waals surface area contributed by atoms with Crippen molar-refractivity contribution in [2.24, 2.45) is 5.92 Å². The number of hydrogen-bond acceptors (Lipinski definition) is 1. The third kappa shape index (κ3) is 1.51. The summed E-state index contributed by atoms with van der Waals surface area (Å²) in [5.74, 6) is 0.935. The second-order valence-electron chi connectivity index (χ2n) is 3.49. The largest absolute Gasteiger partial charge is 0.300 e. The summed E-state index contributed by atoms with van der Waals surface area (Å²) in [7, 11) is 0. The molecule has 0 N–H and O–H groups in total. The molecule has 1 heterocycles. The maximum absolute atomic E-state index is 2.60. The van der Waals surface area contributed by atoms with E-state index in [4.69, 9.17) is 0 Å². The molecule has 0 aliphatic carbocycles. The fourth-order valence-corrected chi connectivity index (χ4v) is 2.05. The van der Waals surface area contributed by atoms with Gasteiger partial charge >= 0.3 is 0 Å². The SMILES string of the molecule is CCC1CC(C)CN1CC. The second kappa shape index (κ2) is 3.38. The molecule has 0 aromatic rings. The summed E-state index contributed by atoms with van der Waals surface area (Å²) in [6.07, 6.45) is 2.75. The molecule has 1 aliphatic rings. The molecule has 0 aromatic carbocycles. The Hall–Kier alpha value is -0.0400. The van der Waals surface area contributed by atoms with Crippen LogP contribution in [0, 0.1) is 5.92 Å². The molecule has 0 saturated carbocycles. The van der Waals surface area contributed by atoms with Crippen molar-refractivity contribution in [3.8, 4) is 0 Å². The van der Waals surface area contributed by atoms with Crippen molar-refractivity contribution in [3.05, 3.63) is 0 Å². The van der Waals surface area contributed by atoms with Crippen molar-refractivity contribution in [2.75, 3.05) is 13.1 Å². The van der Waals surface area contributed by atoms with Gasteiger partial charge in [0.2, 0.25) is 0 Å². The summed E-state index contributed by atoms with van der Waals surface area (Å²) in [6.45, 7) is 9.49. The summed E-state index contributed by atoms with van der Waals surface area (Å²) in [4.78, 5) is 2.60. The molecular weight excluding hydrogens is 122 g/mol. The van der Waals surface area contributed by atoms with E-state index in [1.54, 1.807) is 0 Å². The first-order valence-electron chi connectivity index (χ1n) is 4.52. The molecule has 1 nitrogen and oxygen atoms in total. The monoisotopic (exact) mass is 141 g/mol. The standard InChI is InChI=1S/C9H19N/c1-4-9-6-8(3)7-10(9)5-2/h8-9H,4-7H2,1-3H3. The van der Waals surface area contributed by atoms with Gasteiger partial charge in [0.1, 0.15) is 0 Å². The van der Waals surface area contributed by atoms with Crippen molar-refractivity contribution in [1.82, 2.24) is 4.90 Å². The minimum atomic E-state index is 0.889. The van der Waals surface area contributed by atoms with Crippen LogP contribution >= 0.6 is 0 Å². The van der Waals surface area contributed by atoms with E-state index in [-0.39, 0.29) is 0 Å². The van der Waals surface area contributed by atoms with Gasteiger partial charge in [-0.2, -0.15) is 0 Å². The molecule has 0 amide bonds. The maximum Gasteiger partial charge on any atom is 0.00956 e. The van der Waals surface area contributed by atoms with Gasteiger partial charge < -0.3 is 4.90 Å². The molecule has 1 saturated heterocycles. The lowest BCUT2D eigenvalue weighted by Gasteiger charge is -2.20. The average molecular weight is 141 g/mol. The second-order valence-corrected chi connectivity index (χ2v) is 3.49. The van der Waals surface area contributed by atoms with E-state index in [2.05, 4.69) is 25.7 Å². The van der Waals surface area contributed by atoms with E-state index in [9.17, 15) is 0 Å². The van der Waals surface area contributed by atoms with Gasteiger partial charge in [0.05, 0.1) is 0 Å². The van der Waals surface area contributed by atoms with Crippen LogP contribution in [0.25, 0.3) is 0 Å². The van der Waals surface area contributed by atoms with Crippen LogP contribution in [-0.2, 0) is 0 Å². The lowest BCUT2D eigenvalue weighted by Crippen LogP contribution is -2.28. The van der Waals surface area contributed by atoms with Crippen molar-refractivity contribution < 1.29 is 0 Å². The third-order valence-corrected chi connectivity index (χ3v) is 2.61. The topological polar surface area (TPSA) is 3.24 Å². The maximum atomic E-state index is 2.60. The fourth-order valence-electron chi connectivity index (χ4n) is 2.05. The van der Waals surface area contributed by atoms with Crippen LogP contribution in [0.3, 0.4) is 0 Å². The van der Waals surface area contributed by atoms with Gasteiger partial charge in [-0.15, -0.1) is 0 Å². The summed E-state index contributed by atoms with van der Waals surface area (Å²) < 4.78 is 0. The summed E-state index contributed by atoms with van der Waals surface area (Å²) in [5.41, 5.74) is 0. The zero-order valence-corrected chi connectivity index (χ0v) is 7.43. The van der Waals surface area contributed by atoms with Gasteiger partial charge in [0, 0.05) is 12.6 Å². The van der Waals surface area contributed by atoms with Crippen LogP contribution in [0.4, 0.5) is 0 Å². The molecule has 0 radical (unpaired) electrons. The smallest absolute Gasteiger partial charge is 0.00956 e. The van der Waals surface area contributed by atoms with Crippen LogP contribution in [0.2, 0.25) is 0 Å². The first kappa shape index (κ1) is 8.06. The molecule has 1 aliphatic heterocycles. The van der Waals surface area contributed by atoms with E-state index in [0.29, 0.717) is 0 Å². The quantitative estimate of drug-likeness (QED) is 0.569. The van der Waals surface area contributed by atoms with Gasteiger partial charge in [0.25, 0.3) is 0 Å². The van der Waals surface area contributed by atoms with Crippen LogP contribution in [0.5, 0.6) is 0 Å². The van der Waals surface area contributed by atoms with Crippen LogP contribution in [-0.4, -0.2) is 24.0 Å². The summed E-state index contributed by atoms with van der Waals surface area (Å²) >= 11 is 0. The summed E-state index contributed by atoms with van der Waals surface area (Å²) in [5, 5.41) is 0. The Bertz CT molecular complexity index is 88.9. The number of rotatable bonds is 2. The molecule has 10 heavy (non-hydrogen) atoms. The molecule has 0 spiro atoms. The number of likely N-dealkylation sites (tertiary alicyclic amines) is 1. The van der Waals surface area contributed by atoms with E-state index >= 15 is 0 Å². The molecule has 2 unspecified atom stereocenters. The highest BCUT2D eigenvalue weighted by Crippen LogP contribution is 2.23. The molecule has 1 rings (SSSR count). The molecular formula is C9H19N. The minimum Gasteiger partial charge on any atom is -0.300 e. The fraction of sp³-hybridized carbons (Fsp3) is 1.00. The van der Waals surface area contributed by atoms with E-state index < -0.39 is 0 Å². The lowest BCUT2D eigenvalue weighted by atomic mass is 10.1. The summed E-state index contributed by atoms with van der Waals surface area (Å²) in [6, 6.07) is 0.889. The molecule has 0 bridgehead atoms. The molecule has 1 heteroatoms. The van der Waals surface area contributed by atoms with Gasteiger partial charge in [-0.3, -0.25) is 0 Å². The van der Waals surface area contributed by atoms with Crippen LogP contribution in [0.1, 0.15) is 33.6 Å². The van der Waals surface area contributed by atoms with E-state index in [1.165, 1.54) is 25.9 Å². The molecule has 60 valence electrons. The van der Waals surface area contributed by atoms with Gasteiger partial charge in [-0.25, -0.2) is 0 Å². The van der Waals surface area contributed by atoms with Crippen molar-refractivity contribution in [3.63, 3.8) is 0 Å². The Balaban J connectivity index is 2.41. The zero-order valence-electron chi connectivity index (χ0n) is 7.43. The Morgan fingerprint density at radius 2 is 2.10 bits per heavy atom. The van der Waals surface area contributed by atoms with Crippen molar-refractivity contribution in [1.29, 1.82) is 0 Å². The lowest BCUT2D eigenvalue weighted by molar-refractivity contribution is 0.259. The van der Waals surface area contributed by atoms with E-state index in [0.717, 1.165) is 12.0 Å². The highest BCUT2D eigenvalue weighted by atomic mass is 15.2.